The van der Waals surface area contributed by atoms with E-state index >= 15 is 0 Å². The van der Waals surface area contributed by atoms with Gasteiger partial charge in [-0.2, -0.15) is 0 Å². The van der Waals surface area contributed by atoms with Crippen LogP contribution in [0.15, 0.2) is 54.6 Å². The molecule has 3 rings (SSSR count). The van der Waals surface area contributed by atoms with Crippen LogP contribution in [0.4, 0.5) is 5.69 Å². The number of nitrogens with one attached hydrogen (secondary N) is 1. The zero-order valence-corrected chi connectivity index (χ0v) is 14.5. The lowest BCUT2D eigenvalue weighted by atomic mass is 10.1. The Labute approximate surface area is 151 Å². The number of carbonyl (C=O) groups is 1. The van der Waals surface area contributed by atoms with Gasteiger partial charge in [-0.1, -0.05) is 30.3 Å². The number of nitrogens with zero attached hydrogens (tertiary/aromatic N) is 2. The van der Waals surface area contributed by atoms with Crippen molar-refractivity contribution in [1.29, 1.82) is 0 Å². The molecule has 0 aliphatic carbocycles. The van der Waals surface area contributed by atoms with E-state index in [9.17, 15) is 14.9 Å². The summed E-state index contributed by atoms with van der Waals surface area (Å²) in [5.41, 5.74) is 0.898. The van der Waals surface area contributed by atoms with E-state index in [1.54, 1.807) is 17.0 Å². The summed E-state index contributed by atoms with van der Waals surface area (Å²) in [5.74, 6) is 0.653. The quantitative estimate of drug-likeness (QED) is 0.616. The molecule has 1 aliphatic rings. The topological polar surface area (TPSA) is 77.1 Å². The number of ether oxygens (including phenoxy) is 1. The first-order chi connectivity index (χ1) is 12.6. The maximum atomic E-state index is 12.3. The van der Waals surface area contributed by atoms with E-state index in [2.05, 4.69) is 0 Å². The Bertz CT molecular complexity index is 758. The standard InChI is InChI=1S/C19H21N3O4/c23-19(15-26-17-7-2-1-3-8-17)21-12-10-20(11-13-21)14-16-6-4-5-9-18(16)22(24)25/h1-9H,10-15H2/p+1. The fourth-order valence-electron chi connectivity index (χ4n) is 3.11. The fourth-order valence-corrected chi connectivity index (χ4v) is 3.11. The molecular weight excluding hydrogens is 334 g/mol. The summed E-state index contributed by atoms with van der Waals surface area (Å²) in [7, 11) is 0. The summed E-state index contributed by atoms with van der Waals surface area (Å²) in [6, 6.07) is 16.1. The smallest absolute Gasteiger partial charge is 0.278 e. The van der Waals surface area contributed by atoms with Crippen molar-refractivity contribution in [3.05, 3.63) is 70.3 Å². The second kappa shape index (κ2) is 8.44. The molecule has 0 radical (unpaired) electrons. The van der Waals surface area contributed by atoms with Crippen molar-refractivity contribution >= 4 is 11.6 Å². The van der Waals surface area contributed by atoms with E-state index in [0.29, 0.717) is 25.4 Å². The fraction of sp³-hybridized carbons (Fsp3) is 0.316. The van der Waals surface area contributed by atoms with Crippen molar-refractivity contribution in [2.75, 3.05) is 32.8 Å². The van der Waals surface area contributed by atoms with Crippen LogP contribution in [0, 0.1) is 10.1 Å². The van der Waals surface area contributed by atoms with Gasteiger partial charge in [0, 0.05) is 6.07 Å². The number of carbonyl (C=O) groups excluding carboxylic acids is 1. The normalized spacial score (nSPS) is 14.8. The molecule has 0 atom stereocenters. The maximum Gasteiger partial charge on any atom is 0.278 e. The number of para-hydroxylation sites is 2. The molecule has 0 unspecified atom stereocenters. The minimum absolute atomic E-state index is 0.0291. The Morgan fingerprint density at radius 3 is 2.42 bits per heavy atom. The largest absolute Gasteiger partial charge is 0.484 e. The predicted octanol–water partition coefficient (Wildman–Crippen LogP) is 0.901. The van der Waals surface area contributed by atoms with E-state index in [4.69, 9.17) is 4.74 Å². The van der Waals surface area contributed by atoms with Crippen LogP contribution in [0.25, 0.3) is 0 Å². The zero-order chi connectivity index (χ0) is 18.4. The lowest BCUT2D eigenvalue weighted by molar-refractivity contribution is -0.917. The van der Waals surface area contributed by atoms with Crippen molar-refractivity contribution in [2.24, 2.45) is 0 Å². The zero-order valence-electron chi connectivity index (χ0n) is 14.5. The number of nitro groups is 1. The first-order valence-electron chi connectivity index (χ1n) is 8.65. The maximum absolute atomic E-state index is 12.3. The van der Waals surface area contributed by atoms with E-state index < -0.39 is 0 Å². The van der Waals surface area contributed by atoms with Gasteiger partial charge in [-0.3, -0.25) is 14.9 Å². The van der Waals surface area contributed by atoms with Gasteiger partial charge in [0.05, 0.1) is 36.7 Å². The van der Waals surface area contributed by atoms with E-state index in [1.165, 1.54) is 11.0 Å². The van der Waals surface area contributed by atoms with Crippen LogP contribution in [0.1, 0.15) is 5.56 Å². The summed E-state index contributed by atoms with van der Waals surface area (Å²) >= 11 is 0. The van der Waals surface area contributed by atoms with Crippen molar-refractivity contribution in [1.82, 2.24) is 4.90 Å². The van der Waals surface area contributed by atoms with E-state index in [0.717, 1.165) is 18.7 Å². The van der Waals surface area contributed by atoms with Gasteiger partial charge in [-0.15, -0.1) is 0 Å². The third-order valence-electron chi connectivity index (χ3n) is 4.56. The van der Waals surface area contributed by atoms with Crippen LogP contribution < -0.4 is 9.64 Å². The highest BCUT2D eigenvalue weighted by Crippen LogP contribution is 2.16. The SMILES string of the molecule is O=C(COc1ccccc1)N1CC[NH+](Cc2ccccc2[N+](=O)[O-])CC1. The number of nitro benzene ring substituents is 1. The van der Waals surface area contributed by atoms with Gasteiger partial charge < -0.3 is 14.5 Å². The molecule has 1 fully saturated rings. The average molecular weight is 356 g/mol. The number of piperazine rings is 1. The van der Waals surface area contributed by atoms with E-state index in [1.807, 2.05) is 36.4 Å². The highest BCUT2D eigenvalue weighted by atomic mass is 16.6. The second-order valence-corrected chi connectivity index (χ2v) is 6.30. The molecule has 1 aliphatic heterocycles. The Hall–Kier alpha value is -2.93. The Kier molecular flexibility index (Phi) is 5.80. The predicted molar refractivity (Wildman–Crippen MR) is 96.0 cm³/mol. The van der Waals surface area contributed by atoms with Crippen LogP contribution in [0.5, 0.6) is 5.75 Å². The van der Waals surface area contributed by atoms with Crippen molar-refractivity contribution in [3.8, 4) is 5.75 Å². The molecular formula is C19H22N3O4+. The molecule has 26 heavy (non-hydrogen) atoms. The minimum atomic E-state index is -0.338. The van der Waals surface area contributed by atoms with Gasteiger partial charge in [-0.05, 0) is 18.2 Å². The summed E-state index contributed by atoms with van der Waals surface area (Å²) in [4.78, 5) is 26.1. The van der Waals surface area contributed by atoms with E-state index in [-0.39, 0.29) is 23.1 Å². The number of hydrogen-bond acceptors (Lipinski definition) is 4. The summed E-state index contributed by atoms with van der Waals surface area (Å²) in [6.45, 7) is 3.43. The Balaban J connectivity index is 1.48. The minimum Gasteiger partial charge on any atom is -0.484 e. The Morgan fingerprint density at radius 2 is 1.73 bits per heavy atom. The Morgan fingerprint density at radius 1 is 1.08 bits per heavy atom. The van der Waals surface area contributed by atoms with Gasteiger partial charge in [0.1, 0.15) is 12.3 Å². The molecule has 1 amide bonds. The molecule has 1 saturated heterocycles. The molecule has 0 saturated carbocycles. The average Bonchev–Trinajstić information content (AvgIpc) is 2.68. The monoisotopic (exact) mass is 356 g/mol. The molecule has 0 aromatic heterocycles. The van der Waals surface area contributed by atoms with Crippen LogP contribution >= 0.6 is 0 Å². The molecule has 7 heteroatoms. The van der Waals surface area contributed by atoms with Gasteiger partial charge in [0.15, 0.2) is 6.61 Å². The summed E-state index contributed by atoms with van der Waals surface area (Å²) in [6.07, 6.45) is 0. The van der Waals surface area contributed by atoms with Crippen LogP contribution in [0.2, 0.25) is 0 Å². The molecule has 2 aromatic rings. The number of hydrogen-bond donors (Lipinski definition) is 1. The first-order valence-corrected chi connectivity index (χ1v) is 8.65. The molecule has 2 aromatic carbocycles. The van der Waals surface area contributed by atoms with Crippen molar-refractivity contribution in [2.45, 2.75) is 6.54 Å². The van der Waals surface area contributed by atoms with Gasteiger partial charge in [0.25, 0.3) is 11.6 Å². The van der Waals surface area contributed by atoms with Crippen molar-refractivity contribution < 1.29 is 19.4 Å². The highest BCUT2D eigenvalue weighted by Gasteiger charge is 2.26. The number of rotatable bonds is 6. The third kappa shape index (κ3) is 4.58. The number of quaternary nitrogens is 1. The van der Waals surface area contributed by atoms with Gasteiger partial charge >= 0.3 is 0 Å². The van der Waals surface area contributed by atoms with Crippen LogP contribution in [-0.4, -0.2) is 48.5 Å². The highest BCUT2D eigenvalue weighted by molar-refractivity contribution is 5.77. The summed E-state index contributed by atoms with van der Waals surface area (Å²) in [5, 5.41) is 11.1. The number of amides is 1. The molecule has 1 heterocycles. The first kappa shape index (κ1) is 17.9. The molecule has 7 nitrogen and oxygen atoms in total. The van der Waals surface area contributed by atoms with Crippen molar-refractivity contribution in [3.63, 3.8) is 0 Å². The van der Waals surface area contributed by atoms with Gasteiger partial charge in [0.2, 0.25) is 0 Å². The van der Waals surface area contributed by atoms with Crippen LogP contribution in [-0.2, 0) is 11.3 Å². The lowest BCUT2D eigenvalue weighted by Crippen LogP contribution is -3.13. The lowest BCUT2D eigenvalue weighted by Gasteiger charge is -2.32. The van der Waals surface area contributed by atoms with Gasteiger partial charge in [-0.25, -0.2) is 0 Å². The molecule has 0 spiro atoms. The molecule has 1 N–H and O–H groups in total. The molecule has 136 valence electrons. The second-order valence-electron chi connectivity index (χ2n) is 6.30. The molecule has 0 bridgehead atoms. The summed E-state index contributed by atoms with van der Waals surface area (Å²) < 4.78 is 5.51. The van der Waals surface area contributed by atoms with Crippen LogP contribution in [0.3, 0.4) is 0 Å². The number of benzene rings is 2. The third-order valence-corrected chi connectivity index (χ3v) is 4.56.